The number of aliphatic hydroxyl groups excluding tert-OH is 1. The highest BCUT2D eigenvalue weighted by atomic mass is 16.3. The van der Waals surface area contributed by atoms with Gasteiger partial charge in [-0.1, -0.05) is 6.92 Å². The van der Waals surface area contributed by atoms with Crippen LogP contribution in [0.4, 0.5) is 0 Å². The first-order valence-corrected chi connectivity index (χ1v) is 5.76. The maximum Gasteiger partial charge on any atom is 0.0599 e. The SMILES string of the molecule is CC1CN(C)C(CO)CN(C2CC2)C1. The average Bonchev–Trinajstić information content (AvgIpc) is 2.92. The summed E-state index contributed by atoms with van der Waals surface area (Å²) in [7, 11) is 2.13. The first-order valence-electron chi connectivity index (χ1n) is 5.76. The van der Waals surface area contributed by atoms with Crippen molar-refractivity contribution in [3.8, 4) is 0 Å². The van der Waals surface area contributed by atoms with Gasteiger partial charge >= 0.3 is 0 Å². The zero-order valence-corrected chi connectivity index (χ0v) is 9.32. The molecule has 2 aliphatic rings. The van der Waals surface area contributed by atoms with Crippen LogP contribution >= 0.6 is 0 Å². The van der Waals surface area contributed by atoms with Gasteiger partial charge in [-0.15, -0.1) is 0 Å². The molecular weight excluding hydrogens is 176 g/mol. The zero-order valence-electron chi connectivity index (χ0n) is 9.32. The molecule has 14 heavy (non-hydrogen) atoms. The predicted octanol–water partition coefficient (Wildman–Crippen LogP) is 0.393. The van der Waals surface area contributed by atoms with Crippen LogP contribution < -0.4 is 0 Å². The highest BCUT2D eigenvalue weighted by Gasteiger charge is 2.34. The van der Waals surface area contributed by atoms with Crippen molar-refractivity contribution in [1.29, 1.82) is 0 Å². The first-order chi connectivity index (χ1) is 6.70. The molecule has 3 heteroatoms. The molecule has 82 valence electrons. The Morgan fingerprint density at radius 2 is 1.93 bits per heavy atom. The summed E-state index contributed by atoms with van der Waals surface area (Å²) in [5.74, 6) is 0.733. The molecule has 1 saturated heterocycles. The van der Waals surface area contributed by atoms with E-state index in [1.54, 1.807) is 0 Å². The van der Waals surface area contributed by atoms with Crippen molar-refractivity contribution in [3.05, 3.63) is 0 Å². The van der Waals surface area contributed by atoms with E-state index in [0.29, 0.717) is 12.6 Å². The Balaban J connectivity index is 1.99. The smallest absolute Gasteiger partial charge is 0.0599 e. The summed E-state index contributed by atoms with van der Waals surface area (Å²) in [5.41, 5.74) is 0. The van der Waals surface area contributed by atoms with E-state index in [1.807, 2.05) is 0 Å². The van der Waals surface area contributed by atoms with Crippen molar-refractivity contribution in [2.45, 2.75) is 31.8 Å². The molecule has 1 heterocycles. The molecule has 2 rings (SSSR count). The second-order valence-corrected chi connectivity index (χ2v) is 5.07. The highest BCUT2D eigenvalue weighted by molar-refractivity contribution is 4.90. The molecule has 3 nitrogen and oxygen atoms in total. The predicted molar refractivity (Wildman–Crippen MR) is 57.3 cm³/mol. The van der Waals surface area contributed by atoms with Gasteiger partial charge in [0.1, 0.15) is 0 Å². The Morgan fingerprint density at radius 3 is 2.50 bits per heavy atom. The molecule has 2 fully saturated rings. The minimum Gasteiger partial charge on any atom is -0.395 e. The number of rotatable bonds is 2. The van der Waals surface area contributed by atoms with Crippen molar-refractivity contribution in [1.82, 2.24) is 9.80 Å². The van der Waals surface area contributed by atoms with Gasteiger partial charge in [-0.25, -0.2) is 0 Å². The van der Waals surface area contributed by atoms with Gasteiger partial charge in [0.2, 0.25) is 0 Å². The lowest BCUT2D eigenvalue weighted by molar-refractivity contribution is 0.128. The molecule has 0 aromatic heterocycles. The molecule has 1 aliphatic heterocycles. The van der Waals surface area contributed by atoms with Gasteiger partial charge in [0.15, 0.2) is 0 Å². The van der Waals surface area contributed by atoms with Gasteiger partial charge in [0.25, 0.3) is 0 Å². The summed E-state index contributed by atoms with van der Waals surface area (Å²) in [4.78, 5) is 4.89. The molecule has 0 aromatic carbocycles. The normalized spacial score (nSPS) is 37.1. The van der Waals surface area contributed by atoms with Gasteiger partial charge in [0.05, 0.1) is 6.61 Å². The minimum absolute atomic E-state index is 0.298. The number of likely N-dealkylation sites (N-methyl/N-ethyl adjacent to an activating group) is 1. The Morgan fingerprint density at radius 1 is 1.21 bits per heavy atom. The Kier molecular flexibility index (Phi) is 3.10. The van der Waals surface area contributed by atoms with Gasteiger partial charge < -0.3 is 5.11 Å². The Labute approximate surface area is 86.7 Å². The van der Waals surface area contributed by atoms with Crippen LogP contribution in [0.15, 0.2) is 0 Å². The lowest BCUT2D eigenvalue weighted by Crippen LogP contribution is -2.42. The summed E-state index contributed by atoms with van der Waals surface area (Å²) in [6, 6.07) is 1.18. The molecule has 1 aliphatic carbocycles. The van der Waals surface area contributed by atoms with Gasteiger partial charge in [-0.2, -0.15) is 0 Å². The van der Waals surface area contributed by atoms with Crippen molar-refractivity contribution in [3.63, 3.8) is 0 Å². The lowest BCUT2D eigenvalue weighted by Gasteiger charge is -2.27. The van der Waals surface area contributed by atoms with E-state index in [4.69, 9.17) is 0 Å². The third-order valence-corrected chi connectivity index (χ3v) is 3.49. The van der Waals surface area contributed by atoms with Crippen LogP contribution in [-0.2, 0) is 0 Å². The monoisotopic (exact) mass is 198 g/mol. The average molecular weight is 198 g/mol. The minimum atomic E-state index is 0.298. The van der Waals surface area contributed by atoms with E-state index in [9.17, 15) is 5.11 Å². The Hall–Kier alpha value is -0.120. The fourth-order valence-corrected chi connectivity index (χ4v) is 2.52. The standard InChI is InChI=1S/C11H22N2O/c1-9-5-12(2)11(8-14)7-13(6-9)10-3-4-10/h9-11,14H,3-8H2,1-2H3. The molecule has 1 N–H and O–H groups in total. The number of hydrogen-bond acceptors (Lipinski definition) is 3. The van der Waals surface area contributed by atoms with Gasteiger partial charge in [0, 0.05) is 31.7 Å². The molecule has 0 amide bonds. The molecular formula is C11H22N2O. The van der Waals surface area contributed by atoms with E-state index in [-0.39, 0.29) is 0 Å². The van der Waals surface area contributed by atoms with E-state index in [1.165, 1.54) is 19.4 Å². The molecule has 0 spiro atoms. The van der Waals surface area contributed by atoms with Crippen molar-refractivity contribution in [2.24, 2.45) is 5.92 Å². The zero-order chi connectivity index (χ0) is 10.1. The first kappa shape index (κ1) is 10.4. The summed E-state index contributed by atoms with van der Waals surface area (Å²) < 4.78 is 0. The van der Waals surface area contributed by atoms with Gasteiger partial charge in [-0.3, -0.25) is 9.80 Å². The Bertz CT molecular complexity index is 194. The number of aliphatic hydroxyl groups is 1. The molecule has 0 bridgehead atoms. The van der Waals surface area contributed by atoms with Crippen molar-refractivity contribution >= 4 is 0 Å². The van der Waals surface area contributed by atoms with E-state index in [2.05, 4.69) is 23.8 Å². The second kappa shape index (κ2) is 4.17. The third kappa shape index (κ3) is 2.27. The van der Waals surface area contributed by atoms with Crippen LogP contribution in [0.3, 0.4) is 0 Å². The summed E-state index contributed by atoms with van der Waals surface area (Å²) in [6.07, 6.45) is 2.74. The van der Waals surface area contributed by atoms with Crippen LogP contribution in [0.5, 0.6) is 0 Å². The van der Waals surface area contributed by atoms with Crippen LogP contribution in [0, 0.1) is 5.92 Å². The molecule has 2 unspecified atom stereocenters. The topological polar surface area (TPSA) is 26.7 Å². The van der Waals surface area contributed by atoms with E-state index in [0.717, 1.165) is 25.0 Å². The second-order valence-electron chi connectivity index (χ2n) is 5.07. The summed E-state index contributed by atoms with van der Waals surface area (Å²) in [6.45, 7) is 6.00. The van der Waals surface area contributed by atoms with Crippen LogP contribution in [0.1, 0.15) is 19.8 Å². The van der Waals surface area contributed by atoms with Crippen molar-refractivity contribution in [2.75, 3.05) is 33.3 Å². The lowest BCUT2D eigenvalue weighted by atomic mass is 10.1. The molecule has 0 radical (unpaired) electrons. The third-order valence-electron chi connectivity index (χ3n) is 3.49. The molecule has 1 saturated carbocycles. The summed E-state index contributed by atoms with van der Waals surface area (Å²) >= 11 is 0. The van der Waals surface area contributed by atoms with Crippen LogP contribution in [0.2, 0.25) is 0 Å². The highest BCUT2D eigenvalue weighted by Crippen LogP contribution is 2.29. The maximum absolute atomic E-state index is 9.32. The fourth-order valence-electron chi connectivity index (χ4n) is 2.52. The fraction of sp³-hybridized carbons (Fsp3) is 1.00. The van der Waals surface area contributed by atoms with Crippen LogP contribution in [0.25, 0.3) is 0 Å². The maximum atomic E-state index is 9.32. The largest absolute Gasteiger partial charge is 0.395 e. The summed E-state index contributed by atoms with van der Waals surface area (Å²) in [5, 5.41) is 9.32. The quantitative estimate of drug-likeness (QED) is 0.695. The molecule has 2 atom stereocenters. The molecule has 0 aromatic rings. The number of hydrogen-bond donors (Lipinski definition) is 1. The van der Waals surface area contributed by atoms with E-state index >= 15 is 0 Å². The van der Waals surface area contributed by atoms with Crippen LogP contribution in [-0.4, -0.2) is 60.3 Å². The van der Waals surface area contributed by atoms with Crippen molar-refractivity contribution < 1.29 is 5.11 Å². The number of nitrogens with zero attached hydrogens (tertiary/aromatic N) is 2. The van der Waals surface area contributed by atoms with Gasteiger partial charge in [-0.05, 0) is 25.8 Å². The van der Waals surface area contributed by atoms with E-state index < -0.39 is 0 Å².